The van der Waals surface area contributed by atoms with Gasteiger partial charge in [0.05, 0.1) is 13.0 Å². The van der Waals surface area contributed by atoms with Gasteiger partial charge in [0.25, 0.3) is 5.56 Å². The second-order valence-corrected chi connectivity index (χ2v) is 4.06. The summed E-state index contributed by atoms with van der Waals surface area (Å²) in [5.74, 6) is -0.00940. The number of hydrazone groups is 1. The van der Waals surface area contributed by atoms with Crippen LogP contribution >= 0.6 is 0 Å². The fourth-order valence-corrected chi connectivity index (χ4v) is 1.36. The molecule has 104 valence electrons. The third-order valence-electron chi connectivity index (χ3n) is 2.32. The van der Waals surface area contributed by atoms with Gasteiger partial charge in [0, 0.05) is 24.5 Å². The van der Waals surface area contributed by atoms with Gasteiger partial charge >= 0.3 is 5.97 Å². The molecule has 7 nitrogen and oxygen atoms in total. The van der Waals surface area contributed by atoms with Gasteiger partial charge < -0.3 is 4.74 Å². The molecule has 19 heavy (non-hydrogen) atoms. The first kappa shape index (κ1) is 14.9. The van der Waals surface area contributed by atoms with Gasteiger partial charge in [-0.25, -0.2) is 10.4 Å². The fraction of sp³-hybridized carbons (Fsp3) is 0.500. The van der Waals surface area contributed by atoms with Crippen molar-refractivity contribution in [2.75, 3.05) is 12.0 Å². The van der Waals surface area contributed by atoms with E-state index in [9.17, 15) is 9.59 Å². The number of anilines is 1. The normalized spacial score (nSPS) is 11.3. The zero-order valence-corrected chi connectivity index (χ0v) is 11.6. The molecule has 0 saturated heterocycles. The number of carbonyl (C=O) groups excluding carboxylic acids is 1. The van der Waals surface area contributed by atoms with Gasteiger partial charge in [-0.05, 0) is 20.8 Å². The highest BCUT2D eigenvalue weighted by molar-refractivity contribution is 5.97. The molecule has 1 N–H and O–H groups in total. The number of hydrogen-bond donors (Lipinski definition) is 1. The predicted molar refractivity (Wildman–Crippen MR) is 72.2 cm³/mol. The quantitative estimate of drug-likeness (QED) is 0.484. The Hall–Kier alpha value is -2.18. The SMILES string of the molecule is CCOC(=O)C/C(C)=N\Nc1nc(C)cc(=O)n1C. The van der Waals surface area contributed by atoms with Crippen molar-refractivity contribution in [2.24, 2.45) is 12.1 Å². The number of ether oxygens (including phenoxy) is 1. The highest BCUT2D eigenvalue weighted by Crippen LogP contribution is 2.00. The van der Waals surface area contributed by atoms with E-state index >= 15 is 0 Å². The largest absolute Gasteiger partial charge is 0.466 e. The summed E-state index contributed by atoms with van der Waals surface area (Å²) in [6.45, 7) is 5.50. The number of esters is 1. The fourth-order valence-electron chi connectivity index (χ4n) is 1.36. The van der Waals surface area contributed by atoms with Crippen molar-refractivity contribution < 1.29 is 9.53 Å². The Morgan fingerprint density at radius 3 is 2.89 bits per heavy atom. The molecule has 1 heterocycles. The molecule has 0 fully saturated rings. The number of carbonyl (C=O) groups is 1. The third kappa shape index (κ3) is 4.53. The van der Waals surface area contributed by atoms with Crippen molar-refractivity contribution in [3.05, 3.63) is 22.1 Å². The first-order valence-electron chi connectivity index (χ1n) is 5.93. The van der Waals surface area contributed by atoms with Gasteiger partial charge in [-0.15, -0.1) is 0 Å². The Bertz CT molecular complexity index is 548. The minimum Gasteiger partial charge on any atom is -0.466 e. The molecule has 0 unspecified atom stereocenters. The Kier molecular flexibility index (Phi) is 5.23. The van der Waals surface area contributed by atoms with Gasteiger partial charge in [0.1, 0.15) is 0 Å². The van der Waals surface area contributed by atoms with Gasteiger partial charge in [-0.1, -0.05) is 0 Å². The maximum Gasteiger partial charge on any atom is 0.311 e. The first-order chi connectivity index (χ1) is 8.93. The lowest BCUT2D eigenvalue weighted by Crippen LogP contribution is -2.21. The number of nitrogens with one attached hydrogen (secondary N) is 1. The van der Waals surface area contributed by atoms with Crippen molar-refractivity contribution in [2.45, 2.75) is 27.2 Å². The molecule has 0 aliphatic rings. The van der Waals surface area contributed by atoms with Crippen molar-refractivity contribution in [3.63, 3.8) is 0 Å². The number of aromatic nitrogens is 2. The van der Waals surface area contributed by atoms with Crippen molar-refractivity contribution in [1.82, 2.24) is 9.55 Å². The lowest BCUT2D eigenvalue weighted by Gasteiger charge is -2.07. The van der Waals surface area contributed by atoms with Crippen LogP contribution in [0.2, 0.25) is 0 Å². The van der Waals surface area contributed by atoms with Crippen LogP contribution in [-0.2, 0) is 16.6 Å². The molecular weight excluding hydrogens is 248 g/mol. The van der Waals surface area contributed by atoms with Gasteiger partial charge in [-0.2, -0.15) is 5.10 Å². The van der Waals surface area contributed by atoms with E-state index in [0.29, 0.717) is 24.0 Å². The topological polar surface area (TPSA) is 85.6 Å². The second-order valence-electron chi connectivity index (χ2n) is 4.06. The lowest BCUT2D eigenvalue weighted by atomic mass is 10.3. The van der Waals surface area contributed by atoms with Crippen LogP contribution in [0.3, 0.4) is 0 Å². The van der Waals surface area contributed by atoms with E-state index in [1.165, 1.54) is 10.6 Å². The summed E-state index contributed by atoms with van der Waals surface area (Å²) in [5, 5.41) is 4.00. The molecule has 1 aromatic heterocycles. The van der Waals surface area contributed by atoms with E-state index in [-0.39, 0.29) is 17.9 Å². The first-order valence-corrected chi connectivity index (χ1v) is 5.93. The molecule has 0 radical (unpaired) electrons. The van der Waals surface area contributed by atoms with E-state index in [4.69, 9.17) is 4.74 Å². The summed E-state index contributed by atoms with van der Waals surface area (Å²) in [4.78, 5) is 26.9. The zero-order valence-electron chi connectivity index (χ0n) is 11.6. The summed E-state index contributed by atoms with van der Waals surface area (Å²) in [6.07, 6.45) is 0.0978. The minimum absolute atomic E-state index is 0.0978. The van der Waals surface area contributed by atoms with Crippen LogP contribution in [0.15, 0.2) is 16.0 Å². The molecular formula is C12H18N4O3. The highest BCUT2D eigenvalue weighted by Gasteiger charge is 2.05. The molecule has 0 aromatic carbocycles. The molecule has 0 atom stereocenters. The van der Waals surface area contributed by atoms with E-state index in [0.717, 1.165) is 0 Å². The zero-order chi connectivity index (χ0) is 14.4. The van der Waals surface area contributed by atoms with E-state index in [2.05, 4.69) is 15.5 Å². The number of aryl methyl sites for hydroxylation is 1. The molecule has 0 spiro atoms. The van der Waals surface area contributed by atoms with E-state index < -0.39 is 0 Å². The Morgan fingerprint density at radius 1 is 1.58 bits per heavy atom. The molecule has 0 bridgehead atoms. The van der Waals surface area contributed by atoms with Crippen LogP contribution in [0.1, 0.15) is 26.0 Å². The van der Waals surface area contributed by atoms with Crippen molar-refractivity contribution in [1.29, 1.82) is 0 Å². The summed E-state index contributed by atoms with van der Waals surface area (Å²) < 4.78 is 6.15. The van der Waals surface area contributed by atoms with Gasteiger partial charge in [0.2, 0.25) is 5.95 Å². The molecule has 7 heteroatoms. The van der Waals surface area contributed by atoms with Crippen LogP contribution in [0.25, 0.3) is 0 Å². The number of hydrogen-bond acceptors (Lipinski definition) is 6. The van der Waals surface area contributed by atoms with Gasteiger partial charge in [-0.3, -0.25) is 14.2 Å². The maximum absolute atomic E-state index is 11.5. The summed E-state index contributed by atoms with van der Waals surface area (Å²) in [7, 11) is 1.59. The number of rotatable bonds is 5. The number of nitrogens with zero attached hydrogens (tertiary/aromatic N) is 3. The molecule has 0 amide bonds. The van der Waals surface area contributed by atoms with Crippen molar-refractivity contribution >= 4 is 17.6 Å². The summed E-state index contributed by atoms with van der Waals surface area (Å²) in [5.41, 5.74) is 3.65. The molecule has 0 saturated carbocycles. The van der Waals surface area contributed by atoms with Crippen LogP contribution in [-0.4, -0.2) is 27.8 Å². The van der Waals surface area contributed by atoms with Crippen LogP contribution in [0, 0.1) is 6.92 Å². The molecule has 1 rings (SSSR count). The third-order valence-corrected chi connectivity index (χ3v) is 2.32. The smallest absolute Gasteiger partial charge is 0.311 e. The maximum atomic E-state index is 11.5. The minimum atomic E-state index is -0.336. The highest BCUT2D eigenvalue weighted by atomic mass is 16.5. The summed E-state index contributed by atoms with van der Waals surface area (Å²) in [6, 6.07) is 1.43. The lowest BCUT2D eigenvalue weighted by molar-refractivity contribution is -0.141. The molecule has 0 aliphatic carbocycles. The Balaban J connectivity index is 2.75. The monoisotopic (exact) mass is 266 g/mol. The molecule has 1 aromatic rings. The summed E-state index contributed by atoms with van der Waals surface area (Å²) >= 11 is 0. The van der Waals surface area contributed by atoms with E-state index in [1.807, 2.05) is 0 Å². The van der Waals surface area contributed by atoms with Crippen LogP contribution in [0.5, 0.6) is 0 Å². The second kappa shape index (κ2) is 6.67. The van der Waals surface area contributed by atoms with Crippen molar-refractivity contribution in [3.8, 4) is 0 Å². The van der Waals surface area contributed by atoms with Crippen LogP contribution < -0.4 is 11.0 Å². The average Bonchev–Trinajstić information content (AvgIpc) is 2.32. The Labute approximate surface area is 111 Å². The van der Waals surface area contributed by atoms with Crippen LogP contribution in [0.4, 0.5) is 5.95 Å². The predicted octanol–water partition coefficient (Wildman–Crippen LogP) is 0.830. The molecule has 0 aliphatic heterocycles. The Morgan fingerprint density at radius 2 is 2.26 bits per heavy atom. The average molecular weight is 266 g/mol. The van der Waals surface area contributed by atoms with Gasteiger partial charge in [0.15, 0.2) is 0 Å². The van der Waals surface area contributed by atoms with E-state index in [1.54, 1.807) is 27.8 Å². The standard InChI is InChI=1S/C12H18N4O3/c1-5-19-11(18)7-9(3)14-15-12-13-8(2)6-10(17)16(12)4/h6H,5,7H2,1-4H3,(H,13,15)/b14-9-.